The largest absolute Gasteiger partial charge is 0.493 e. The third-order valence-corrected chi connectivity index (χ3v) is 4.76. The highest BCUT2D eigenvalue weighted by Gasteiger charge is 2.43. The molecule has 0 saturated carbocycles. The molecule has 0 aromatic heterocycles. The van der Waals surface area contributed by atoms with Crippen molar-refractivity contribution in [2.75, 3.05) is 6.61 Å². The van der Waals surface area contributed by atoms with Crippen molar-refractivity contribution in [3.8, 4) is 17.9 Å². The summed E-state index contributed by atoms with van der Waals surface area (Å²) in [5.41, 5.74) is 0.733. The predicted octanol–water partition coefficient (Wildman–Crippen LogP) is 3.93. The molecule has 1 aromatic rings. The fraction of sp³-hybridized carbons (Fsp3) is 0.412. The molecule has 1 heterocycles. The minimum absolute atomic E-state index is 0.123. The van der Waals surface area contributed by atoms with Crippen molar-refractivity contribution in [2.45, 2.75) is 25.7 Å². The Labute approximate surface area is 140 Å². The van der Waals surface area contributed by atoms with E-state index in [0.29, 0.717) is 12.4 Å². The quantitative estimate of drug-likeness (QED) is 0.800. The molecule has 0 aliphatic carbocycles. The monoisotopic (exact) mass is 326 g/mol. The summed E-state index contributed by atoms with van der Waals surface area (Å²) in [5, 5.41) is 35.2. The summed E-state index contributed by atoms with van der Waals surface area (Å²) in [6.07, 6.45) is 1.93. The Bertz CT molecular complexity index is 657. The van der Waals surface area contributed by atoms with Crippen molar-refractivity contribution in [1.82, 2.24) is 0 Å². The van der Waals surface area contributed by atoms with Gasteiger partial charge in [-0.25, -0.2) is 0 Å². The molecule has 2 N–H and O–H groups in total. The highest BCUT2D eigenvalue weighted by Crippen LogP contribution is 2.45. The van der Waals surface area contributed by atoms with E-state index in [9.17, 15) is 10.5 Å². The van der Waals surface area contributed by atoms with E-state index in [1.807, 2.05) is 24.3 Å². The Morgan fingerprint density at radius 2 is 1.74 bits per heavy atom. The standard InChI is InChI=1S/C17H18N4OS/c1-2-3-8-22-14-7-5-4-6-11(14)15-12(9-18)16(20)23-17(21)13(15)10-19/h4-7,12-13,15,20-21H,2-3,8H2,1H3. The van der Waals surface area contributed by atoms with Crippen molar-refractivity contribution in [2.24, 2.45) is 11.8 Å². The first kappa shape index (κ1) is 17.1. The van der Waals surface area contributed by atoms with E-state index in [2.05, 4.69) is 19.1 Å². The highest BCUT2D eigenvalue weighted by molar-refractivity contribution is 8.26. The number of thioether (sulfide) groups is 1. The number of hydrogen-bond acceptors (Lipinski definition) is 6. The molecule has 118 valence electrons. The number of unbranched alkanes of at least 4 members (excludes halogenated alkanes) is 1. The molecule has 1 aliphatic rings. The Morgan fingerprint density at radius 1 is 1.13 bits per heavy atom. The first-order chi connectivity index (χ1) is 11.1. The van der Waals surface area contributed by atoms with Gasteiger partial charge in [0.1, 0.15) is 17.6 Å². The number of benzene rings is 1. The molecule has 5 nitrogen and oxygen atoms in total. The van der Waals surface area contributed by atoms with Crippen LogP contribution in [0.3, 0.4) is 0 Å². The summed E-state index contributed by atoms with van der Waals surface area (Å²) in [6.45, 7) is 2.64. The van der Waals surface area contributed by atoms with Crippen molar-refractivity contribution in [3.63, 3.8) is 0 Å². The lowest BCUT2D eigenvalue weighted by Crippen LogP contribution is -2.34. The summed E-state index contributed by atoms with van der Waals surface area (Å²) < 4.78 is 5.82. The number of rotatable bonds is 5. The molecule has 2 unspecified atom stereocenters. The topological polar surface area (TPSA) is 105 Å². The van der Waals surface area contributed by atoms with Gasteiger partial charge < -0.3 is 4.74 Å². The van der Waals surface area contributed by atoms with E-state index in [1.165, 1.54) is 0 Å². The fourth-order valence-electron chi connectivity index (χ4n) is 2.61. The molecule has 1 aromatic carbocycles. The van der Waals surface area contributed by atoms with Crippen LogP contribution < -0.4 is 4.74 Å². The van der Waals surface area contributed by atoms with Gasteiger partial charge in [-0.3, -0.25) is 10.8 Å². The summed E-state index contributed by atoms with van der Waals surface area (Å²) in [4.78, 5) is 0. The SMILES string of the molecule is CCCCOc1ccccc1C1C(C#N)C(=N)SC(=N)C1C#N. The van der Waals surface area contributed by atoms with Crippen LogP contribution in [0.2, 0.25) is 0 Å². The fourth-order valence-corrected chi connectivity index (χ4v) is 3.50. The first-order valence-electron chi connectivity index (χ1n) is 7.49. The van der Waals surface area contributed by atoms with Crippen LogP contribution in [-0.4, -0.2) is 16.7 Å². The van der Waals surface area contributed by atoms with E-state index in [1.54, 1.807) is 0 Å². The van der Waals surface area contributed by atoms with Gasteiger partial charge in [-0.2, -0.15) is 10.5 Å². The normalized spacial score (nSPS) is 23.9. The van der Waals surface area contributed by atoms with Crippen LogP contribution in [0.4, 0.5) is 0 Å². The molecular weight excluding hydrogens is 308 g/mol. The maximum absolute atomic E-state index is 9.47. The van der Waals surface area contributed by atoms with Crippen LogP contribution in [0.15, 0.2) is 24.3 Å². The molecule has 1 aliphatic heterocycles. The molecule has 0 spiro atoms. The van der Waals surface area contributed by atoms with Gasteiger partial charge in [0.15, 0.2) is 0 Å². The number of nitriles is 2. The Hall–Kier alpha value is -2.31. The molecule has 1 fully saturated rings. The van der Waals surface area contributed by atoms with Gasteiger partial charge in [-0.1, -0.05) is 43.3 Å². The average Bonchev–Trinajstić information content (AvgIpc) is 2.55. The summed E-state index contributed by atoms with van der Waals surface area (Å²) >= 11 is 0.913. The first-order valence-corrected chi connectivity index (χ1v) is 8.31. The Balaban J connectivity index is 2.44. The second-order valence-electron chi connectivity index (χ2n) is 5.31. The molecule has 0 amide bonds. The number of para-hydroxylation sites is 1. The molecule has 0 bridgehead atoms. The maximum atomic E-state index is 9.47. The van der Waals surface area contributed by atoms with Gasteiger partial charge in [-0.15, -0.1) is 0 Å². The van der Waals surface area contributed by atoms with Crippen molar-refractivity contribution in [3.05, 3.63) is 29.8 Å². The van der Waals surface area contributed by atoms with Gasteiger partial charge in [0.05, 0.1) is 28.8 Å². The minimum atomic E-state index is -0.727. The lowest BCUT2D eigenvalue weighted by molar-refractivity contribution is 0.302. The number of hydrogen-bond donors (Lipinski definition) is 2. The van der Waals surface area contributed by atoms with Gasteiger partial charge in [0.25, 0.3) is 0 Å². The van der Waals surface area contributed by atoms with Crippen LogP contribution in [0.5, 0.6) is 5.75 Å². The molecule has 2 atom stereocenters. The second-order valence-corrected chi connectivity index (χ2v) is 6.39. The third kappa shape index (κ3) is 3.55. The number of nitrogens with zero attached hydrogens (tertiary/aromatic N) is 2. The van der Waals surface area contributed by atoms with E-state index in [-0.39, 0.29) is 10.1 Å². The molecule has 0 radical (unpaired) electrons. The zero-order chi connectivity index (χ0) is 16.8. The predicted molar refractivity (Wildman–Crippen MR) is 90.8 cm³/mol. The summed E-state index contributed by atoms with van der Waals surface area (Å²) in [5.74, 6) is -1.35. The van der Waals surface area contributed by atoms with Crippen LogP contribution in [-0.2, 0) is 0 Å². The van der Waals surface area contributed by atoms with E-state index < -0.39 is 17.8 Å². The van der Waals surface area contributed by atoms with Crippen LogP contribution in [0, 0.1) is 45.3 Å². The molecule has 2 rings (SSSR count). The third-order valence-electron chi connectivity index (χ3n) is 3.81. The summed E-state index contributed by atoms with van der Waals surface area (Å²) in [7, 11) is 0. The van der Waals surface area contributed by atoms with Gasteiger partial charge in [-0.05, 0) is 12.5 Å². The minimum Gasteiger partial charge on any atom is -0.493 e. The highest BCUT2D eigenvalue weighted by atomic mass is 32.2. The smallest absolute Gasteiger partial charge is 0.122 e. The van der Waals surface area contributed by atoms with E-state index in [4.69, 9.17) is 15.6 Å². The van der Waals surface area contributed by atoms with E-state index in [0.717, 1.165) is 30.2 Å². The Morgan fingerprint density at radius 3 is 2.30 bits per heavy atom. The number of ether oxygens (including phenoxy) is 1. The molecule has 1 saturated heterocycles. The van der Waals surface area contributed by atoms with Gasteiger partial charge in [0, 0.05) is 11.5 Å². The van der Waals surface area contributed by atoms with Gasteiger partial charge >= 0.3 is 0 Å². The molecular formula is C17H18N4OS. The van der Waals surface area contributed by atoms with Crippen LogP contribution in [0.1, 0.15) is 31.2 Å². The van der Waals surface area contributed by atoms with Crippen molar-refractivity contribution in [1.29, 1.82) is 21.3 Å². The molecule has 23 heavy (non-hydrogen) atoms. The Kier molecular flexibility index (Phi) is 5.78. The van der Waals surface area contributed by atoms with E-state index >= 15 is 0 Å². The summed E-state index contributed by atoms with van der Waals surface area (Å²) in [6, 6.07) is 11.6. The van der Waals surface area contributed by atoms with Crippen molar-refractivity contribution < 1.29 is 4.74 Å². The lowest BCUT2D eigenvalue weighted by Gasteiger charge is -2.32. The zero-order valence-corrected chi connectivity index (χ0v) is 13.7. The second kappa shape index (κ2) is 7.80. The zero-order valence-electron chi connectivity index (χ0n) is 12.9. The average molecular weight is 326 g/mol. The van der Waals surface area contributed by atoms with Gasteiger partial charge in [0.2, 0.25) is 0 Å². The van der Waals surface area contributed by atoms with Crippen LogP contribution in [0.25, 0.3) is 0 Å². The maximum Gasteiger partial charge on any atom is 0.122 e. The van der Waals surface area contributed by atoms with Crippen LogP contribution >= 0.6 is 11.8 Å². The van der Waals surface area contributed by atoms with Crippen molar-refractivity contribution >= 4 is 21.8 Å². The molecule has 6 heteroatoms. The lowest BCUT2D eigenvalue weighted by atomic mass is 9.77. The number of nitrogens with one attached hydrogen (secondary N) is 2.